The van der Waals surface area contributed by atoms with Crippen molar-refractivity contribution in [3.8, 4) is 0 Å². The number of likely N-dealkylation sites (tertiary alicyclic amines) is 1. The topological polar surface area (TPSA) is 162 Å². The number of amides is 4. The zero-order chi connectivity index (χ0) is 36.7. The van der Waals surface area contributed by atoms with Crippen LogP contribution >= 0.6 is 0 Å². The fraction of sp³-hybridized carbons (Fsp3) is 0.400. The van der Waals surface area contributed by atoms with Crippen LogP contribution in [0.3, 0.4) is 0 Å². The minimum atomic E-state index is -0.784. The number of anilines is 2. The third kappa shape index (κ3) is 6.25. The molecule has 5 N–H and O–H groups in total. The Balaban J connectivity index is 1.07. The highest BCUT2D eigenvalue weighted by Crippen LogP contribution is 2.56. The van der Waals surface area contributed by atoms with Gasteiger partial charge in [-0.1, -0.05) is 56.3 Å². The molecule has 0 radical (unpaired) electrons. The van der Waals surface area contributed by atoms with Crippen molar-refractivity contribution in [1.82, 2.24) is 25.4 Å². The zero-order valence-electron chi connectivity index (χ0n) is 29.9. The number of aliphatic imine (C=N–C) groups is 1. The number of hydrogen-bond acceptors (Lipinski definition) is 8. The van der Waals surface area contributed by atoms with Gasteiger partial charge in [0.1, 0.15) is 24.2 Å². The molecule has 0 saturated carbocycles. The Morgan fingerprint density at radius 2 is 1.75 bits per heavy atom. The van der Waals surface area contributed by atoms with Crippen LogP contribution in [0.15, 0.2) is 77.8 Å². The van der Waals surface area contributed by atoms with Crippen molar-refractivity contribution in [1.29, 1.82) is 0 Å². The molecule has 1 aromatic heterocycles. The summed E-state index contributed by atoms with van der Waals surface area (Å²) >= 11 is 0. The van der Waals surface area contributed by atoms with E-state index in [0.717, 1.165) is 22.3 Å². The molecule has 3 aromatic rings. The Bertz CT molecular complexity index is 1990. The number of allylic oxidation sites excluding steroid dienone is 1. The van der Waals surface area contributed by atoms with E-state index in [1.165, 1.54) is 0 Å². The van der Waals surface area contributed by atoms with E-state index < -0.39 is 16.2 Å². The highest BCUT2D eigenvalue weighted by atomic mass is 16.2. The lowest BCUT2D eigenvalue weighted by molar-refractivity contribution is -0.146. The smallest absolute Gasteiger partial charge is 0.272 e. The van der Waals surface area contributed by atoms with Gasteiger partial charge < -0.3 is 31.5 Å². The van der Waals surface area contributed by atoms with E-state index >= 15 is 0 Å². The van der Waals surface area contributed by atoms with E-state index in [1.807, 2.05) is 62.5 Å². The summed E-state index contributed by atoms with van der Waals surface area (Å²) in [6.07, 6.45) is 7.47. The molecule has 1 aliphatic carbocycles. The van der Waals surface area contributed by atoms with Crippen molar-refractivity contribution in [2.45, 2.75) is 58.8 Å². The predicted molar refractivity (Wildman–Crippen MR) is 199 cm³/mol. The molecule has 2 aromatic carbocycles. The highest BCUT2D eigenvalue weighted by Gasteiger charge is 2.64. The summed E-state index contributed by atoms with van der Waals surface area (Å²) in [5.41, 5.74) is 8.92. The normalized spacial score (nSPS) is 23.9. The lowest BCUT2D eigenvalue weighted by Crippen LogP contribution is -2.51. The number of carbonyl (C=O) groups excluding carboxylic acids is 4. The van der Waals surface area contributed by atoms with Crippen molar-refractivity contribution in [2.24, 2.45) is 21.2 Å². The molecule has 3 atom stereocenters. The predicted octanol–water partition coefficient (Wildman–Crippen LogP) is 3.48. The number of rotatable bonds is 9. The number of nitrogens with one attached hydrogen (secondary N) is 3. The highest BCUT2D eigenvalue weighted by molar-refractivity contribution is 5.96. The van der Waals surface area contributed by atoms with Crippen LogP contribution in [-0.2, 0) is 40.3 Å². The maximum atomic E-state index is 14.5. The first-order valence-electron chi connectivity index (χ1n) is 17.9. The minimum absolute atomic E-state index is 0.00307. The van der Waals surface area contributed by atoms with Gasteiger partial charge in [0, 0.05) is 48.9 Å². The molecule has 2 saturated heterocycles. The molecule has 52 heavy (non-hydrogen) atoms. The second-order valence-electron chi connectivity index (χ2n) is 15.0. The van der Waals surface area contributed by atoms with Gasteiger partial charge in [-0.05, 0) is 85.3 Å². The number of nitrogens with two attached hydrogens (primary N) is 1. The number of aromatic nitrogens is 1. The van der Waals surface area contributed by atoms with E-state index in [-0.39, 0.29) is 54.4 Å². The third-order valence-corrected chi connectivity index (χ3v) is 11.7. The number of dihydropyridines is 1. The maximum Gasteiger partial charge on any atom is 0.272 e. The molecule has 0 bridgehead atoms. The first kappa shape index (κ1) is 35.1. The van der Waals surface area contributed by atoms with Crippen molar-refractivity contribution < 1.29 is 19.2 Å². The summed E-state index contributed by atoms with van der Waals surface area (Å²) in [5.74, 6) is -0.384. The van der Waals surface area contributed by atoms with Crippen LogP contribution < -0.4 is 21.7 Å². The first-order valence-corrected chi connectivity index (χ1v) is 17.9. The van der Waals surface area contributed by atoms with Gasteiger partial charge in [0.25, 0.3) is 5.91 Å². The van der Waals surface area contributed by atoms with Crippen LogP contribution in [0.4, 0.5) is 11.5 Å². The molecule has 12 nitrogen and oxygen atoms in total. The van der Waals surface area contributed by atoms with E-state index in [4.69, 9.17) is 5.73 Å². The van der Waals surface area contributed by atoms with Crippen LogP contribution in [-0.4, -0.2) is 77.5 Å². The summed E-state index contributed by atoms with van der Waals surface area (Å²) in [6, 6.07) is 18.7. The molecule has 3 aliphatic heterocycles. The molecule has 7 rings (SSSR count). The summed E-state index contributed by atoms with van der Waals surface area (Å²) in [6.45, 7) is 5.50. The Kier molecular flexibility index (Phi) is 9.20. The summed E-state index contributed by atoms with van der Waals surface area (Å²) in [7, 11) is 1.87. The summed E-state index contributed by atoms with van der Waals surface area (Å²) in [4.78, 5) is 67.0. The van der Waals surface area contributed by atoms with Gasteiger partial charge in [0.15, 0.2) is 0 Å². The van der Waals surface area contributed by atoms with E-state index in [1.54, 1.807) is 34.2 Å². The molecule has 4 amide bonds. The van der Waals surface area contributed by atoms with E-state index in [2.05, 4.69) is 38.9 Å². The Morgan fingerprint density at radius 3 is 2.50 bits per heavy atom. The van der Waals surface area contributed by atoms with Crippen molar-refractivity contribution >= 4 is 41.3 Å². The van der Waals surface area contributed by atoms with Gasteiger partial charge >= 0.3 is 0 Å². The fourth-order valence-electron chi connectivity index (χ4n) is 8.42. The molecule has 4 heterocycles. The third-order valence-electron chi connectivity index (χ3n) is 11.7. The fourth-order valence-corrected chi connectivity index (χ4v) is 8.42. The number of benzene rings is 2. The van der Waals surface area contributed by atoms with Crippen LogP contribution in [0, 0.1) is 16.2 Å². The monoisotopic (exact) mass is 702 g/mol. The Morgan fingerprint density at radius 1 is 1.00 bits per heavy atom. The van der Waals surface area contributed by atoms with Crippen LogP contribution in [0.5, 0.6) is 0 Å². The standard InChI is InChI=1S/C40H46N8O4/c1-38(15-18-47(19-16-38)34(50)31-10-6-11-32(41)45-31)37(52)48(24-28-9-5-4-8-27(28)23-42-3)25-33(49)44-30-13-12-26-21-40(22-29(26)20-30)36(51)46-35-39(40,2)14-7-17-43-35/h4-14,17,20,35,42H,15-16,18-19,21-25H2,1-3H3,(H2,41,45)(H,44,49)(H,46,51)/t35?,39?,40-/m0/s1. The molecule has 2 unspecified atom stereocenters. The van der Waals surface area contributed by atoms with Crippen LogP contribution in [0.1, 0.15) is 59.4 Å². The molecule has 270 valence electrons. The van der Waals surface area contributed by atoms with Gasteiger partial charge in [-0.15, -0.1) is 0 Å². The van der Waals surface area contributed by atoms with Crippen molar-refractivity contribution in [2.75, 3.05) is 37.7 Å². The van der Waals surface area contributed by atoms with Gasteiger partial charge in [-0.2, -0.15) is 0 Å². The van der Waals surface area contributed by atoms with Crippen molar-refractivity contribution in [3.63, 3.8) is 0 Å². The lowest BCUT2D eigenvalue weighted by atomic mass is 9.62. The Hall–Kier alpha value is -5.36. The second kappa shape index (κ2) is 13.6. The van der Waals surface area contributed by atoms with Crippen molar-refractivity contribution in [3.05, 3.63) is 101 Å². The molecular formula is C40H46N8O4. The zero-order valence-corrected chi connectivity index (χ0v) is 29.9. The minimum Gasteiger partial charge on any atom is -0.384 e. The van der Waals surface area contributed by atoms with Crippen LogP contribution in [0.25, 0.3) is 0 Å². The molecular weight excluding hydrogens is 656 g/mol. The van der Waals surface area contributed by atoms with E-state index in [9.17, 15) is 19.2 Å². The quantitative estimate of drug-likeness (QED) is 0.266. The number of piperidine rings is 1. The number of hydrogen-bond donors (Lipinski definition) is 4. The SMILES string of the molecule is CNCc1ccccc1CN(CC(=O)Nc1ccc2c(c1)C[C@@]1(C2)C(=O)NC2N=CC=CC21C)C(=O)C1(C)CCN(C(=O)c2cccc(N)n2)CC1. The molecule has 4 aliphatic rings. The largest absolute Gasteiger partial charge is 0.384 e. The molecule has 1 spiro atoms. The molecule has 2 fully saturated rings. The van der Waals surface area contributed by atoms with E-state index in [0.29, 0.717) is 51.0 Å². The average Bonchev–Trinajstić information content (AvgIpc) is 3.63. The number of nitrogen functional groups attached to an aromatic ring is 1. The van der Waals surface area contributed by atoms with Gasteiger partial charge in [0.2, 0.25) is 17.7 Å². The number of nitrogens with zero attached hydrogens (tertiary/aromatic N) is 4. The van der Waals surface area contributed by atoms with Crippen LogP contribution in [0.2, 0.25) is 0 Å². The lowest BCUT2D eigenvalue weighted by Gasteiger charge is -2.41. The number of carbonyl (C=O) groups is 4. The summed E-state index contributed by atoms with van der Waals surface area (Å²) in [5, 5.41) is 9.34. The maximum absolute atomic E-state index is 14.5. The number of fused-ring (bicyclic) bond motifs is 3. The number of pyridine rings is 1. The molecule has 12 heteroatoms. The van der Waals surface area contributed by atoms with Gasteiger partial charge in [-0.25, -0.2) is 4.98 Å². The van der Waals surface area contributed by atoms with Gasteiger partial charge in [0.05, 0.1) is 5.41 Å². The summed E-state index contributed by atoms with van der Waals surface area (Å²) < 4.78 is 0. The van der Waals surface area contributed by atoms with Gasteiger partial charge in [-0.3, -0.25) is 24.2 Å². The Labute approximate surface area is 303 Å². The average molecular weight is 703 g/mol. The first-order chi connectivity index (χ1) is 24.9. The second-order valence-corrected chi connectivity index (χ2v) is 15.0.